The van der Waals surface area contributed by atoms with Gasteiger partial charge in [-0.1, -0.05) is 35.9 Å². The fraction of sp³-hybridized carbons (Fsp3) is 0.462. The molecule has 2 aromatic carbocycles. The van der Waals surface area contributed by atoms with Gasteiger partial charge in [0, 0.05) is 37.2 Å². The van der Waals surface area contributed by atoms with Gasteiger partial charge >= 0.3 is 6.09 Å². The van der Waals surface area contributed by atoms with E-state index in [0.717, 1.165) is 23.1 Å². The molecule has 7 nitrogen and oxygen atoms in total. The normalized spacial score (nSPS) is 18.0. The standard InChI is InChI=1S/C26H31ClN2O5/c1-26(2,3)34-25(31)28-16-17-15-21-19(9-10-22(27)23(21)33-17)18-7-4-5-8-20(18)24(30)29-11-6-13-32-14-12-29/h4-5,7-10,17H,6,11-16H2,1-3H3,(H,28,31). The molecule has 1 unspecified atom stereocenters. The number of benzene rings is 2. The lowest BCUT2D eigenvalue weighted by atomic mass is 9.92. The first kappa shape index (κ1) is 24.4. The number of halogens is 1. The third-order valence-electron chi connectivity index (χ3n) is 5.76. The van der Waals surface area contributed by atoms with E-state index in [0.29, 0.717) is 49.1 Å². The third kappa shape index (κ3) is 5.65. The van der Waals surface area contributed by atoms with E-state index in [4.69, 9.17) is 25.8 Å². The number of nitrogens with zero attached hydrogens (tertiary/aromatic N) is 1. The summed E-state index contributed by atoms with van der Waals surface area (Å²) in [6, 6.07) is 11.4. The smallest absolute Gasteiger partial charge is 0.407 e. The van der Waals surface area contributed by atoms with Crippen molar-refractivity contribution < 1.29 is 23.8 Å². The molecule has 0 spiro atoms. The highest BCUT2D eigenvalue weighted by Crippen LogP contribution is 2.42. The number of carbonyl (C=O) groups excluding carboxylic acids is 2. The van der Waals surface area contributed by atoms with Crippen LogP contribution in [0.1, 0.15) is 43.1 Å². The third-order valence-corrected chi connectivity index (χ3v) is 6.06. The summed E-state index contributed by atoms with van der Waals surface area (Å²) in [7, 11) is 0. The molecule has 1 atom stereocenters. The minimum absolute atomic E-state index is 0.00754. The zero-order valence-electron chi connectivity index (χ0n) is 19.9. The van der Waals surface area contributed by atoms with Gasteiger partial charge in [0.25, 0.3) is 5.91 Å². The molecule has 0 radical (unpaired) electrons. The molecule has 182 valence electrons. The van der Waals surface area contributed by atoms with E-state index in [1.165, 1.54) is 0 Å². The molecule has 2 aromatic rings. The summed E-state index contributed by atoms with van der Waals surface area (Å²) in [4.78, 5) is 27.3. The Hall–Kier alpha value is -2.77. The second-order valence-electron chi connectivity index (χ2n) is 9.53. The fourth-order valence-corrected chi connectivity index (χ4v) is 4.49. The molecule has 1 N–H and O–H groups in total. The van der Waals surface area contributed by atoms with Crippen LogP contribution in [-0.4, -0.2) is 61.5 Å². The zero-order chi connectivity index (χ0) is 24.3. The van der Waals surface area contributed by atoms with Crippen LogP contribution < -0.4 is 10.1 Å². The Morgan fingerprint density at radius 1 is 1.12 bits per heavy atom. The summed E-state index contributed by atoms with van der Waals surface area (Å²) in [6.07, 6.45) is 0.605. The van der Waals surface area contributed by atoms with Crippen molar-refractivity contribution in [1.82, 2.24) is 10.2 Å². The monoisotopic (exact) mass is 486 g/mol. The molecule has 1 fully saturated rings. The van der Waals surface area contributed by atoms with E-state index in [1.807, 2.05) is 56.0 Å². The first-order chi connectivity index (χ1) is 16.2. The van der Waals surface area contributed by atoms with Crippen LogP contribution >= 0.6 is 11.6 Å². The molecule has 0 aromatic heterocycles. The van der Waals surface area contributed by atoms with Crippen LogP contribution in [0.5, 0.6) is 5.75 Å². The maximum Gasteiger partial charge on any atom is 0.407 e. The highest BCUT2D eigenvalue weighted by atomic mass is 35.5. The van der Waals surface area contributed by atoms with E-state index < -0.39 is 11.7 Å². The minimum Gasteiger partial charge on any atom is -0.486 e. The Kier molecular flexibility index (Phi) is 7.33. The fourth-order valence-electron chi connectivity index (χ4n) is 4.27. The Morgan fingerprint density at radius 3 is 2.71 bits per heavy atom. The second kappa shape index (κ2) is 10.2. The maximum atomic E-state index is 13.4. The van der Waals surface area contributed by atoms with Crippen molar-refractivity contribution in [3.05, 3.63) is 52.5 Å². The van der Waals surface area contributed by atoms with E-state index in [1.54, 1.807) is 6.07 Å². The molecule has 2 amide bonds. The van der Waals surface area contributed by atoms with Crippen LogP contribution in [0.15, 0.2) is 36.4 Å². The number of fused-ring (bicyclic) bond motifs is 1. The van der Waals surface area contributed by atoms with Crippen molar-refractivity contribution >= 4 is 23.6 Å². The molecular weight excluding hydrogens is 456 g/mol. The number of rotatable bonds is 4. The predicted octanol–water partition coefficient (Wildman–Crippen LogP) is 4.70. The summed E-state index contributed by atoms with van der Waals surface area (Å²) in [5.74, 6) is 0.590. The number of ether oxygens (including phenoxy) is 3. The number of carbonyl (C=O) groups is 2. The SMILES string of the molecule is CC(C)(C)OC(=O)NCC1Cc2c(-c3ccccc3C(=O)N3CCCOCC3)ccc(Cl)c2O1. The van der Waals surface area contributed by atoms with Crippen LogP contribution in [0.25, 0.3) is 11.1 Å². The van der Waals surface area contributed by atoms with E-state index >= 15 is 0 Å². The van der Waals surface area contributed by atoms with Crippen LogP contribution in [0.4, 0.5) is 4.79 Å². The largest absolute Gasteiger partial charge is 0.486 e. The van der Waals surface area contributed by atoms with Crippen molar-refractivity contribution in [3.8, 4) is 16.9 Å². The number of hydrogen-bond acceptors (Lipinski definition) is 5. The summed E-state index contributed by atoms with van der Waals surface area (Å²) < 4.78 is 16.9. The van der Waals surface area contributed by atoms with Crippen LogP contribution in [-0.2, 0) is 15.9 Å². The van der Waals surface area contributed by atoms with Crippen molar-refractivity contribution in [2.24, 2.45) is 0 Å². The van der Waals surface area contributed by atoms with E-state index in [9.17, 15) is 9.59 Å². The van der Waals surface area contributed by atoms with Crippen molar-refractivity contribution in [2.75, 3.05) is 32.8 Å². The van der Waals surface area contributed by atoms with Gasteiger partial charge in [-0.2, -0.15) is 0 Å². The van der Waals surface area contributed by atoms with Gasteiger partial charge in [0.05, 0.1) is 18.2 Å². The molecule has 34 heavy (non-hydrogen) atoms. The van der Waals surface area contributed by atoms with Gasteiger partial charge in [0.15, 0.2) is 0 Å². The highest BCUT2D eigenvalue weighted by molar-refractivity contribution is 6.32. The number of amides is 2. The molecule has 2 aliphatic rings. The summed E-state index contributed by atoms with van der Waals surface area (Å²) in [5, 5.41) is 3.28. The first-order valence-electron chi connectivity index (χ1n) is 11.6. The zero-order valence-corrected chi connectivity index (χ0v) is 20.6. The van der Waals surface area contributed by atoms with Crippen LogP contribution in [0, 0.1) is 0 Å². The molecule has 2 aliphatic heterocycles. The molecule has 0 saturated carbocycles. The molecule has 4 rings (SSSR count). The molecule has 0 aliphatic carbocycles. The van der Waals surface area contributed by atoms with Gasteiger partial charge in [-0.15, -0.1) is 0 Å². The van der Waals surface area contributed by atoms with E-state index in [-0.39, 0.29) is 18.6 Å². The van der Waals surface area contributed by atoms with Crippen molar-refractivity contribution in [1.29, 1.82) is 0 Å². The number of hydrogen-bond donors (Lipinski definition) is 1. The number of nitrogens with one attached hydrogen (secondary N) is 1. The Balaban J connectivity index is 1.57. The van der Waals surface area contributed by atoms with Gasteiger partial charge in [0.2, 0.25) is 0 Å². The van der Waals surface area contributed by atoms with Crippen molar-refractivity contribution in [2.45, 2.75) is 45.3 Å². The Morgan fingerprint density at radius 2 is 1.91 bits per heavy atom. The minimum atomic E-state index is -0.574. The quantitative estimate of drug-likeness (QED) is 0.678. The summed E-state index contributed by atoms with van der Waals surface area (Å²) >= 11 is 6.46. The van der Waals surface area contributed by atoms with Crippen molar-refractivity contribution in [3.63, 3.8) is 0 Å². The summed E-state index contributed by atoms with van der Waals surface area (Å²) in [5.41, 5.74) is 2.76. The van der Waals surface area contributed by atoms with Gasteiger partial charge in [0.1, 0.15) is 17.5 Å². The molecular formula is C26H31ClN2O5. The van der Waals surface area contributed by atoms with Gasteiger partial charge in [-0.25, -0.2) is 4.79 Å². The second-order valence-corrected chi connectivity index (χ2v) is 9.94. The highest BCUT2D eigenvalue weighted by Gasteiger charge is 2.30. The lowest BCUT2D eigenvalue weighted by molar-refractivity contribution is 0.0505. The van der Waals surface area contributed by atoms with Gasteiger partial charge in [-0.3, -0.25) is 4.79 Å². The maximum absolute atomic E-state index is 13.4. The number of alkyl carbamates (subject to hydrolysis) is 1. The first-order valence-corrected chi connectivity index (χ1v) is 12.0. The molecule has 2 heterocycles. The van der Waals surface area contributed by atoms with Gasteiger partial charge < -0.3 is 24.4 Å². The Bertz CT molecular complexity index is 1060. The molecule has 1 saturated heterocycles. The Labute approximate surface area is 205 Å². The van der Waals surface area contributed by atoms with Gasteiger partial charge in [-0.05, 0) is 50.5 Å². The molecule has 8 heteroatoms. The lowest BCUT2D eigenvalue weighted by Gasteiger charge is -2.22. The molecule has 0 bridgehead atoms. The topological polar surface area (TPSA) is 77.1 Å². The van der Waals surface area contributed by atoms with Crippen LogP contribution in [0.2, 0.25) is 5.02 Å². The summed E-state index contributed by atoms with van der Waals surface area (Å²) in [6.45, 7) is 8.21. The predicted molar refractivity (Wildman–Crippen MR) is 131 cm³/mol. The van der Waals surface area contributed by atoms with Crippen LogP contribution in [0.3, 0.4) is 0 Å². The lowest BCUT2D eigenvalue weighted by Crippen LogP contribution is -2.38. The van der Waals surface area contributed by atoms with E-state index in [2.05, 4.69) is 5.32 Å². The average molecular weight is 487 g/mol. The average Bonchev–Trinajstić information content (AvgIpc) is 3.04.